The van der Waals surface area contributed by atoms with Crippen molar-refractivity contribution in [3.05, 3.63) is 4.13 Å². The maximum atomic E-state index is 11.4. The molecule has 0 aromatic carbocycles. The van der Waals surface area contributed by atoms with E-state index in [9.17, 15) is 43.2 Å². The van der Waals surface area contributed by atoms with Crippen LogP contribution in [0.2, 0.25) is 0 Å². The minimum absolute atomic E-state index is 0. The van der Waals surface area contributed by atoms with Crippen molar-refractivity contribution in [2.75, 3.05) is 0 Å². The standard InChI is InChI=1S/C2F6NO4S2.FH.Li/c3-1(4,5)14(10,11)9-15(12,13)2(6,7)8;;/h;1H;/q-1;;+1. The molecule has 0 aromatic rings. The van der Waals surface area contributed by atoms with Gasteiger partial charge in [-0.05, 0) is 0 Å². The van der Waals surface area contributed by atoms with Gasteiger partial charge in [-0.15, -0.1) is 0 Å². The van der Waals surface area contributed by atoms with Crippen molar-refractivity contribution in [1.29, 1.82) is 0 Å². The number of alkyl halides is 6. The Bertz CT molecular complexity index is 391. The van der Waals surface area contributed by atoms with Crippen molar-refractivity contribution in [2.45, 2.75) is 11.0 Å². The number of hydrogen-bond acceptors (Lipinski definition) is 4. The SMILES string of the molecule is F.O=S(=O)([N-]S(=O)(=O)C(F)(F)F)C(F)(F)F.[Li+]. The predicted molar refractivity (Wildman–Crippen MR) is 35.8 cm³/mol. The molecule has 0 unspecified atom stereocenters. The first-order valence-electron chi connectivity index (χ1n) is 2.57. The number of sulfonamides is 2. The summed E-state index contributed by atoms with van der Waals surface area (Å²) in [6.45, 7) is 0. The molecule has 0 fully saturated rings. The Kier molecular flexibility index (Phi) is 7.48. The third-order valence-corrected chi connectivity index (χ3v) is 3.52. The summed E-state index contributed by atoms with van der Waals surface area (Å²) in [6, 6.07) is 0. The van der Waals surface area contributed by atoms with Crippen LogP contribution in [0.4, 0.5) is 31.0 Å². The minimum Gasteiger partial charge on any atom is -0.421 e. The Morgan fingerprint density at radius 1 is 0.706 bits per heavy atom. The van der Waals surface area contributed by atoms with Crippen molar-refractivity contribution in [3.8, 4) is 0 Å². The molecule has 0 bridgehead atoms. The zero-order valence-corrected chi connectivity index (χ0v) is 9.21. The molecule has 0 saturated heterocycles. The van der Waals surface area contributed by atoms with Crippen LogP contribution in [0.15, 0.2) is 0 Å². The average Bonchev–Trinajstić information content (AvgIpc) is 1.77. The quantitative estimate of drug-likeness (QED) is 0.446. The smallest absolute Gasteiger partial charge is 0.421 e. The molecule has 100 valence electrons. The van der Waals surface area contributed by atoms with E-state index in [1.54, 1.807) is 0 Å². The van der Waals surface area contributed by atoms with Gasteiger partial charge in [0.2, 0.25) is 0 Å². The van der Waals surface area contributed by atoms with Crippen molar-refractivity contribution in [3.63, 3.8) is 0 Å². The molecule has 5 nitrogen and oxygen atoms in total. The van der Waals surface area contributed by atoms with E-state index in [4.69, 9.17) is 0 Å². The summed E-state index contributed by atoms with van der Waals surface area (Å²) in [6.07, 6.45) is 0. The van der Waals surface area contributed by atoms with Crippen LogP contribution in [-0.4, -0.2) is 27.9 Å². The second kappa shape index (κ2) is 5.74. The van der Waals surface area contributed by atoms with Gasteiger partial charge < -0.3 is 4.13 Å². The van der Waals surface area contributed by atoms with Gasteiger partial charge in [-0.2, -0.15) is 26.3 Å². The van der Waals surface area contributed by atoms with Gasteiger partial charge in [0, 0.05) is 0 Å². The summed E-state index contributed by atoms with van der Waals surface area (Å²) in [5.74, 6) is 0. The Morgan fingerprint density at radius 2 is 0.882 bits per heavy atom. The molecule has 0 radical (unpaired) electrons. The zero-order chi connectivity index (χ0) is 12.7. The van der Waals surface area contributed by atoms with Crippen LogP contribution in [0.5, 0.6) is 0 Å². The molecule has 0 aromatic heterocycles. The maximum Gasteiger partial charge on any atom is 1.00 e. The van der Waals surface area contributed by atoms with Crippen molar-refractivity contribution < 1.29 is 66.7 Å². The van der Waals surface area contributed by atoms with E-state index in [2.05, 4.69) is 0 Å². The normalized spacial score (nSPS) is 13.5. The summed E-state index contributed by atoms with van der Waals surface area (Å²) >= 11 is 0. The fraction of sp³-hybridized carbons (Fsp3) is 1.00. The Balaban J connectivity index is -0.000000980. The van der Waals surface area contributed by atoms with Crippen LogP contribution in [-0.2, 0) is 20.0 Å². The molecule has 0 atom stereocenters. The summed E-state index contributed by atoms with van der Waals surface area (Å²) in [5.41, 5.74) is -12.4. The summed E-state index contributed by atoms with van der Waals surface area (Å²) < 4.78 is 109. The molecular formula is C2HF7LiNO4S2. The van der Waals surface area contributed by atoms with Gasteiger partial charge in [0.15, 0.2) is 20.0 Å². The van der Waals surface area contributed by atoms with E-state index < -0.39 is 31.1 Å². The molecule has 17 heavy (non-hydrogen) atoms. The van der Waals surface area contributed by atoms with Crippen molar-refractivity contribution >= 4 is 20.0 Å². The number of halogens is 7. The first-order chi connectivity index (χ1) is 6.21. The average molecular weight is 307 g/mol. The molecule has 0 spiro atoms. The summed E-state index contributed by atoms with van der Waals surface area (Å²) in [5, 5.41) is 0. The number of hydrogen-bond donors (Lipinski definition) is 0. The fourth-order valence-corrected chi connectivity index (χ4v) is 1.92. The summed E-state index contributed by atoms with van der Waals surface area (Å²) in [4.78, 5) is 0. The topological polar surface area (TPSA) is 82.4 Å². The Morgan fingerprint density at radius 3 is 1.00 bits per heavy atom. The van der Waals surface area contributed by atoms with Crippen LogP contribution >= 0.6 is 0 Å². The first kappa shape index (κ1) is 22.2. The number of rotatable bonds is 2. The van der Waals surface area contributed by atoms with Crippen LogP contribution in [0.3, 0.4) is 0 Å². The second-order valence-corrected chi connectivity index (χ2v) is 5.34. The third kappa shape index (κ3) is 5.42. The predicted octanol–water partition coefficient (Wildman–Crippen LogP) is -1.78. The van der Waals surface area contributed by atoms with Crippen LogP contribution in [0.1, 0.15) is 0 Å². The molecule has 15 heteroatoms. The molecule has 0 heterocycles. The van der Waals surface area contributed by atoms with Crippen LogP contribution in [0, 0.1) is 0 Å². The van der Waals surface area contributed by atoms with Gasteiger partial charge in [-0.25, -0.2) is 16.8 Å². The van der Waals surface area contributed by atoms with E-state index in [-0.39, 0.29) is 23.6 Å². The van der Waals surface area contributed by atoms with E-state index in [0.29, 0.717) is 0 Å². The van der Waals surface area contributed by atoms with Gasteiger partial charge in [0.1, 0.15) is 0 Å². The van der Waals surface area contributed by atoms with Gasteiger partial charge in [-0.1, -0.05) is 0 Å². The fourth-order valence-electron chi connectivity index (χ4n) is 0.214. The number of nitrogens with zero attached hydrogens (tertiary/aromatic N) is 1. The maximum absolute atomic E-state index is 11.4. The van der Waals surface area contributed by atoms with Crippen molar-refractivity contribution in [1.82, 2.24) is 0 Å². The van der Waals surface area contributed by atoms with E-state index in [1.165, 1.54) is 0 Å². The minimum atomic E-state index is -6.72. The molecule has 0 rings (SSSR count). The van der Waals surface area contributed by atoms with Crippen LogP contribution in [0.25, 0.3) is 4.13 Å². The largest absolute Gasteiger partial charge is 1.00 e. The van der Waals surface area contributed by atoms with Crippen molar-refractivity contribution in [2.24, 2.45) is 0 Å². The summed E-state index contributed by atoms with van der Waals surface area (Å²) in [7, 11) is -13.4. The monoisotopic (exact) mass is 307 g/mol. The molecule has 0 amide bonds. The molecule has 0 aliphatic heterocycles. The third-order valence-electron chi connectivity index (χ3n) is 0.781. The second-order valence-electron chi connectivity index (χ2n) is 1.92. The molecular weight excluding hydrogens is 306 g/mol. The Hall–Kier alpha value is -0.0326. The molecule has 0 N–H and O–H groups in total. The molecule has 0 aliphatic rings. The van der Waals surface area contributed by atoms with Gasteiger partial charge in [-0.3, -0.25) is 4.70 Å². The first-order valence-corrected chi connectivity index (χ1v) is 5.45. The zero-order valence-electron chi connectivity index (χ0n) is 7.57. The Labute approximate surface area is 102 Å². The molecule has 0 saturated carbocycles. The van der Waals surface area contributed by atoms with E-state index in [0.717, 1.165) is 4.13 Å². The van der Waals surface area contributed by atoms with Gasteiger partial charge >= 0.3 is 29.9 Å². The van der Waals surface area contributed by atoms with Crippen LogP contribution < -0.4 is 18.9 Å². The van der Waals surface area contributed by atoms with Gasteiger partial charge in [0.25, 0.3) is 0 Å². The van der Waals surface area contributed by atoms with E-state index in [1.807, 2.05) is 0 Å². The van der Waals surface area contributed by atoms with Gasteiger partial charge in [0.05, 0.1) is 0 Å². The van der Waals surface area contributed by atoms with E-state index >= 15 is 0 Å². The molecule has 0 aliphatic carbocycles.